The highest BCUT2D eigenvalue weighted by molar-refractivity contribution is 5.67. The number of nitrogens with one attached hydrogen (secondary N) is 2. The molecule has 140 valence electrons. The van der Waals surface area contributed by atoms with Crippen molar-refractivity contribution in [1.29, 1.82) is 0 Å². The average molecular weight is 375 g/mol. The molecule has 0 atom stereocenters. The lowest BCUT2D eigenvalue weighted by molar-refractivity contribution is 0.292. The van der Waals surface area contributed by atoms with Crippen molar-refractivity contribution in [1.82, 2.24) is 15.0 Å². The summed E-state index contributed by atoms with van der Waals surface area (Å²) >= 11 is 0. The molecule has 2 aromatic heterocycles. The van der Waals surface area contributed by atoms with E-state index in [1.165, 1.54) is 6.07 Å². The summed E-state index contributed by atoms with van der Waals surface area (Å²) in [4.78, 5) is 12.6. The Kier molecular flexibility index (Phi) is 5.82. The molecule has 0 radical (unpaired) electrons. The third-order valence-electron chi connectivity index (χ3n) is 3.60. The minimum absolute atomic E-state index is 0.000467. The molecule has 0 amide bonds. The van der Waals surface area contributed by atoms with Crippen LogP contribution < -0.4 is 10.6 Å². The van der Waals surface area contributed by atoms with E-state index in [1.807, 2.05) is 0 Å². The molecule has 0 fully saturated rings. The zero-order chi connectivity index (χ0) is 19.2. The number of hydrogen-bond donors (Lipinski definition) is 3. The first kappa shape index (κ1) is 18.6. The van der Waals surface area contributed by atoms with Gasteiger partial charge in [0.15, 0.2) is 17.5 Å². The van der Waals surface area contributed by atoms with Crippen molar-refractivity contribution < 1.29 is 18.3 Å². The third kappa shape index (κ3) is 4.50. The van der Waals surface area contributed by atoms with Crippen LogP contribution in [-0.2, 0) is 0 Å². The van der Waals surface area contributed by atoms with Crippen molar-refractivity contribution in [3.8, 4) is 11.3 Å². The molecule has 0 unspecified atom stereocenters. The number of aromatic nitrogens is 3. The molecule has 9 heteroatoms. The Morgan fingerprint density at radius 3 is 2.63 bits per heavy atom. The van der Waals surface area contributed by atoms with Gasteiger partial charge in [-0.15, -0.1) is 0 Å². The Bertz CT molecular complexity index is 924. The van der Waals surface area contributed by atoms with E-state index in [9.17, 15) is 13.2 Å². The summed E-state index contributed by atoms with van der Waals surface area (Å²) in [6.45, 7) is 0.423. The van der Waals surface area contributed by atoms with E-state index < -0.39 is 17.5 Å². The molecule has 3 aromatic rings. The van der Waals surface area contributed by atoms with Crippen LogP contribution in [0.4, 0.5) is 30.6 Å². The second-order valence-corrected chi connectivity index (χ2v) is 5.56. The van der Waals surface area contributed by atoms with Crippen LogP contribution in [0, 0.1) is 17.5 Å². The molecule has 6 nitrogen and oxygen atoms in total. The van der Waals surface area contributed by atoms with Crippen molar-refractivity contribution in [2.24, 2.45) is 0 Å². The molecule has 0 bridgehead atoms. The predicted molar refractivity (Wildman–Crippen MR) is 95.1 cm³/mol. The fraction of sp³-hybridized carbons (Fsp3) is 0.167. The van der Waals surface area contributed by atoms with Crippen molar-refractivity contribution in [3.05, 3.63) is 60.2 Å². The van der Waals surface area contributed by atoms with Gasteiger partial charge in [0.05, 0.1) is 11.4 Å². The van der Waals surface area contributed by atoms with Gasteiger partial charge in [0.1, 0.15) is 5.82 Å². The van der Waals surface area contributed by atoms with Gasteiger partial charge < -0.3 is 15.7 Å². The quantitative estimate of drug-likeness (QED) is 0.433. The summed E-state index contributed by atoms with van der Waals surface area (Å²) in [7, 11) is 0. The molecule has 3 rings (SSSR count). The first-order chi connectivity index (χ1) is 13.1. The van der Waals surface area contributed by atoms with Crippen LogP contribution >= 0.6 is 0 Å². The minimum atomic E-state index is -1.57. The Balaban J connectivity index is 1.96. The fourth-order valence-corrected chi connectivity index (χ4v) is 2.29. The zero-order valence-corrected chi connectivity index (χ0v) is 14.1. The largest absolute Gasteiger partial charge is 0.396 e. The molecule has 2 heterocycles. The van der Waals surface area contributed by atoms with Crippen molar-refractivity contribution in [3.63, 3.8) is 0 Å². The highest BCUT2D eigenvalue weighted by atomic mass is 19.2. The lowest BCUT2D eigenvalue weighted by Gasteiger charge is -2.12. The lowest BCUT2D eigenvalue weighted by Crippen LogP contribution is -2.09. The number of rotatable bonds is 7. The van der Waals surface area contributed by atoms with Gasteiger partial charge in [-0.1, -0.05) is 0 Å². The van der Waals surface area contributed by atoms with Gasteiger partial charge in [0.2, 0.25) is 5.95 Å². The summed E-state index contributed by atoms with van der Waals surface area (Å²) in [5.41, 5.74) is 0.931. The molecular weight excluding hydrogens is 359 g/mol. The number of anilines is 3. The monoisotopic (exact) mass is 375 g/mol. The predicted octanol–water partition coefficient (Wildman–Crippen LogP) is 3.49. The average Bonchev–Trinajstić information content (AvgIpc) is 2.69. The molecule has 0 saturated heterocycles. The topological polar surface area (TPSA) is 83.0 Å². The van der Waals surface area contributed by atoms with Crippen LogP contribution in [0.5, 0.6) is 0 Å². The van der Waals surface area contributed by atoms with Crippen LogP contribution in [0.15, 0.2) is 42.7 Å². The van der Waals surface area contributed by atoms with Crippen LogP contribution in [0.1, 0.15) is 6.42 Å². The van der Waals surface area contributed by atoms with Gasteiger partial charge in [-0.2, -0.15) is 4.98 Å². The van der Waals surface area contributed by atoms with Crippen LogP contribution in [-0.4, -0.2) is 33.2 Å². The molecule has 1 aromatic carbocycles. The van der Waals surface area contributed by atoms with E-state index >= 15 is 0 Å². The Morgan fingerprint density at radius 1 is 1.04 bits per heavy atom. The fourth-order valence-electron chi connectivity index (χ4n) is 2.29. The van der Waals surface area contributed by atoms with Gasteiger partial charge >= 0.3 is 0 Å². The van der Waals surface area contributed by atoms with E-state index in [1.54, 1.807) is 24.5 Å². The number of aliphatic hydroxyl groups is 1. The van der Waals surface area contributed by atoms with Crippen LogP contribution in [0.25, 0.3) is 11.3 Å². The van der Waals surface area contributed by atoms with E-state index in [4.69, 9.17) is 5.11 Å². The van der Waals surface area contributed by atoms with Gasteiger partial charge in [-0.3, -0.25) is 4.98 Å². The summed E-state index contributed by atoms with van der Waals surface area (Å²) in [5, 5.41) is 14.5. The molecular formula is C18H16F3N5O. The number of aliphatic hydroxyl groups excluding tert-OH is 1. The van der Waals surface area contributed by atoms with Gasteiger partial charge in [-0.25, -0.2) is 18.2 Å². The second-order valence-electron chi connectivity index (χ2n) is 5.56. The van der Waals surface area contributed by atoms with E-state index in [0.29, 0.717) is 24.2 Å². The summed E-state index contributed by atoms with van der Waals surface area (Å²) < 4.78 is 40.5. The van der Waals surface area contributed by atoms with Crippen molar-refractivity contribution in [2.75, 3.05) is 23.8 Å². The second kappa shape index (κ2) is 8.45. The first-order valence-electron chi connectivity index (χ1n) is 8.13. The maximum atomic E-state index is 13.9. The van der Waals surface area contributed by atoms with E-state index in [2.05, 4.69) is 25.6 Å². The molecule has 0 spiro atoms. The first-order valence-corrected chi connectivity index (χ1v) is 8.13. The maximum Gasteiger partial charge on any atom is 0.225 e. The third-order valence-corrected chi connectivity index (χ3v) is 3.60. The Labute approximate surface area is 153 Å². The Morgan fingerprint density at radius 2 is 1.89 bits per heavy atom. The van der Waals surface area contributed by atoms with Gasteiger partial charge in [0.25, 0.3) is 0 Å². The van der Waals surface area contributed by atoms with E-state index in [-0.39, 0.29) is 24.1 Å². The number of hydrogen-bond acceptors (Lipinski definition) is 6. The number of nitrogens with zero attached hydrogens (tertiary/aromatic N) is 3. The van der Waals surface area contributed by atoms with Gasteiger partial charge in [0, 0.05) is 37.2 Å². The molecule has 0 aliphatic heterocycles. The smallest absolute Gasteiger partial charge is 0.225 e. The SMILES string of the molecule is OCCCNc1nc(Nc2ccc(F)c(F)c2F)cc(-c2cccnc2)n1. The Hall–Kier alpha value is -3.20. The van der Waals surface area contributed by atoms with Crippen molar-refractivity contribution in [2.45, 2.75) is 6.42 Å². The molecule has 27 heavy (non-hydrogen) atoms. The standard InChI is InChI=1S/C18H16F3N5O/c19-12-4-5-13(17(21)16(12)20)24-15-9-14(11-3-1-6-22-10-11)25-18(26-15)23-7-2-8-27/h1,3-6,9-10,27H,2,7-8H2,(H2,23,24,25,26). The zero-order valence-electron chi connectivity index (χ0n) is 14.1. The van der Waals surface area contributed by atoms with Crippen molar-refractivity contribution >= 4 is 17.5 Å². The summed E-state index contributed by atoms with van der Waals surface area (Å²) in [6, 6.07) is 6.96. The molecule has 0 aliphatic rings. The molecule has 0 aliphatic carbocycles. The lowest BCUT2D eigenvalue weighted by atomic mass is 10.2. The summed E-state index contributed by atoms with van der Waals surface area (Å²) in [5.74, 6) is -3.77. The summed E-state index contributed by atoms with van der Waals surface area (Å²) in [6.07, 6.45) is 3.70. The highest BCUT2D eigenvalue weighted by Crippen LogP contribution is 2.26. The normalized spacial score (nSPS) is 10.7. The number of benzene rings is 1. The van der Waals surface area contributed by atoms with Crippen LogP contribution in [0.3, 0.4) is 0 Å². The number of pyridine rings is 1. The van der Waals surface area contributed by atoms with Gasteiger partial charge in [-0.05, 0) is 30.7 Å². The minimum Gasteiger partial charge on any atom is -0.396 e. The molecule has 3 N–H and O–H groups in total. The highest BCUT2D eigenvalue weighted by Gasteiger charge is 2.15. The van der Waals surface area contributed by atoms with Crippen LogP contribution in [0.2, 0.25) is 0 Å². The maximum absolute atomic E-state index is 13.9. The van der Waals surface area contributed by atoms with E-state index in [0.717, 1.165) is 12.1 Å². The molecule has 0 saturated carbocycles. The number of halogens is 3.